The van der Waals surface area contributed by atoms with E-state index in [9.17, 15) is 0 Å². The van der Waals surface area contributed by atoms with Crippen molar-refractivity contribution < 1.29 is 0 Å². The number of nitrogens with one attached hydrogen (secondary N) is 2. The molecule has 2 heteroatoms. The molecule has 1 unspecified atom stereocenters. The summed E-state index contributed by atoms with van der Waals surface area (Å²) in [6.07, 6.45) is 2.50. The van der Waals surface area contributed by atoms with Gasteiger partial charge in [0.25, 0.3) is 0 Å². The summed E-state index contributed by atoms with van der Waals surface area (Å²) in [7, 11) is 0. The molecule has 46 valence electrons. The highest BCUT2D eigenvalue weighted by Gasteiger charge is 2.01. The monoisotopic (exact) mass is 112 g/mol. The van der Waals surface area contributed by atoms with Crippen LogP contribution in [0.1, 0.15) is 13.8 Å². The van der Waals surface area contributed by atoms with Crippen molar-refractivity contribution in [1.82, 2.24) is 10.6 Å². The van der Waals surface area contributed by atoms with Crippen molar-refractivity contribution >= 4 is 0 Å². The van der Waals surface area contributed by atoms with Gasteiger partial charge in [-0.25, -0.2) is 0 Å². The molecular weight excluding hydrogens is 100 g/mol. The molecule has 1 rings (SSSR count). The van der Waals surface area contributed by atoms with Gasteiger partial charge < -0.3 is 5.32 Å². The lowest BCUT2D eigenvalue weighted by molar-refractivity contribution is 0.502. The first-order valence-corrected chi connectivity index (χ1v) is 2.94. The first-order chi connectivity index (χ1) is 3.79. The molecule has 0 aromatic heterocycles. The van der Waals surface area contributed by atoms with E-state index in [4.69, 9.17) is 0 Å². The van der Waals surface area contributed by atoms with Crippen molar-refractivity contribution in [1.29, 1.82) is 0 Å². The summed E-state index contributed by atoms with van der Waals surface area (Å²) in [6, 6.07) is 0. The second kappa shape index (κ2) is 2.18. The molecule has 1 atom stereocenters. The van der Waals surface area contributed by atoms with Gasteiger partial charge in [-0.1, -0.05) is 0 Å². The molecule has 2 nitrogen and oxygen atoms in total. The SMILES string of the molecule is CC1=CNC(C)NC1. The van der Waals surface area contributed by atoms with Crippen molar-refractivity contribution in [2.75, 3.05) is 6.54 Å². The minimum Gasteiger partial charge on any atom is -0.376 e. The Kier molecular flexibility index (Phi) is 1.53. The Hall–Kier alpha value is -0.500. The van der Waals surface area contributed by atoms with Gasteiger partial charge in [0, 0.05) is 6.54 Å². The fourth-order valence-electron chi connectivity index (χ4n) is 0.691. The average molecular weight is 112 g/mol. The van der Waals surface area contributed by atoms with E-state index in [1.54, 1.807) is 0 Å². The highest BCUT2D eigenvalue weighted by molar-refractivity contribution is 5.02. The molecule has 0 bridgehead atoms. The molecule has 0 aliphatic carbocycles. The van der Waals surface area contributed by atoms with Crippen LogP contribution in [-0.2, 0) is 0 Å². The predicted octanol–water partition coefficient (Wildman–Crippen LogP) is 0.429. The lowest BCUT2D eigenvalue weighted by Gasteiger charge is -2.19. The zero-order valence-corrected chi connectivity index (χ0v) is 5.36. The molecule has 0 aromatic carbocycles. The number of rotatable bonds is 0. The summed E-state index contributed by atoms with van der Waals surface area (Å²) >= 11 is 0. The van der Waals surface area contributed by atoms with Crippen molar-refractivity contribution in [3.63, 3.8) is 0 Å². The Morgan fingerprint density at radius 3 is 2.88 bits per heavy atom. The van der Waals surface area contributed by atoms with Crippen LogP contribution in [0.2, 0.25) is 0 Å². The van der Waals surface area contributed by atoms with Crippen LogP contribution < -0.4 is 10.6 Å². The van der Waals surface area contributed by atoms with Crippen LogP contribution in [0.15, 0.2) is 11.8 Å². The third-order valence-corrected chi connectivity index (χ3v) is 1.27. The molecule has 0 amide bonds. The first-order valence-electron chi connectivity index (χ1n) is 2.94. The van der Waals surface area contributed by atoms with Gasteiger partial charge in [0.05, 0.1) is 6.17 Å². The predicted molar refractivity (Wildman–Crippen MR) is 34.4 cm³/mol. The fraction of sp³-hybridized carbons (Fsp3) is 0.667. The van der Waals surface area contributed by atoms with E-state index in [0.717, 1.165) is 6.54 Å². The van der Waals surface area contributed by atoms with Crippen LogP contribution in [0, 0.1) is 0 Å². The normalized spacial score (nSPS) is 28.8. The molecule has 8 heavy (non-hydrogen) atoms. The molecule has 0 spiro atoms. The standard InChI is InChI=1S/C6H12N2/c1-5-3-7-6(2)8-4-5/h3,6-8H,4H2,1-2H3. The van der Waals surface area contributed by atoms with Crippen LogP contribution in [-0.4, -0.2) is 12.7 Å². The maximum Gasteiger partial charge on any atom is 0.0736 e. The van der Waals surface area contributed by atoms with E-state index in [-0.39, 0.29) is 0 Å². The van der Waals surface area contributed by atoms with Crippen molar-refractivity contribution in [2.45, 2.75) is 20.0 Å². The third-order valence-electron chi connectivity index (χ3n) is 1.27. The van der Waals surface area contributed by atoms with Crippen LogP contribution >= 0.6 is 0 Å². The Morgan fingerprint density at radius 1 is 1.75 bits per heavy atom. The molecule has 1 aliphatic rings. The largest absolute Gasteiger partial charge is 0.376 e. The van der Waals surface area contributed by atoms with Crippen LogP contribution in [0.25, 0.3) is 0 Å². The summed E-state index contributed by atoms with van der Waals surface area (Å²) in [5.74, 6) is 0. The highest BCUT2D eigenvalue weighted by atomic mass is 15.1. The molecule has 0 saturated heterocycles. The minimum atomic E-state index is 0.443. The molecule has 0 aromatic rings. The summed E-state index contributed by atoms with van der Waals surface area (Å²) in [5.41, 5.74) is 1.36. The number of hydrogen-bond donors (Lipinski definition) is 2. The van der Waals surface area contributed by atoms with Gasteiger partial charge >= 0.3 is 0 Å². The van der Waals surface area contributed by atoms with Gasteiger partial charge in [-0.2, -0.15) is 0 Å². The van der Waals surface area contributed by atoms with Crippen molar-refractivity contribution in [2.24, 2.45) is 0 Å². The van der Waals surface area contributed by atoms with E-state index in [1.165, 1.54) is 5.57 Å². The average Bonchev–Trinajstić information content (AvgIpc) is 1.77. The van der Waals surface area contributed by atoms with E-state index < -0.39 is 0 Å². The van der Waals surface area contributed by atoms with E-state index in [0.29, 0.717) is 6.17 Å². The Morgan fingerprint density at radius 2 is 2.50 bits per heavy atom. The van der Waals surface area contributed by atoms with Crippen molar-refractivity contribution in [3.8, 4) is 0 Å². The fourth-order valence-corrected chi connectivity index (χ4v) is 0.691. The van der Waals surface area contributed by atoms with E-state index >= 15 is 0 Å². The topological polar surface area (TPSA) is 24.1 Å². The maximum absolute atomic E-state index is 3.25. The van der Waals surface area contributed by atoms with E-state index in [1.807, 2.05) is 0 Å². The summed E-state index contributed by atoms with van der Waals surface area (Å²) in [6.45, 7) is 5.23. The second-order valence-electron chi connectivity index (χ2n) is 2.26. The zero-order valence-electron chi connectivity index (χ0n) is 5.36. The van der Waals surface area contributed by atoms with Gasteiger partial charge in [0.15, 0.2) is 0 Å². The van der Waals surface area contributed by atoms with Crippen LogP contribution in [0.3, 0.4) is 0 Å². The number of hydrogen-bond acceptors (Lipinski definition) is 2. The molecule has 1 heterocycles. The van der Waals surface area contributed by atoms with E-state index in [2.05, 4.69) is 30.7 Å². The maximum atomic E-state index is 3.25. The second-order valence-corrected chi connectivity index (χ2v) is 2.26. The first kappa shape index (κ1) is 5.63. The summed E-state index contributed by atoms with van der Waals surface area (Å²) in [4.78, 5) is 0. The molecule has 2 N–H and O–H groups in total. The van der Waals surface area contributed by atoms with Gasteiger partial charge in [-0.15, -0.1) is 0 Å². The summed E-state index contributed by atoms with van der Waals surface area (Å²) < 4.78 is 0. The van der Waals surface area contributed by atoms with Gasteiger partial charge in [0.2, 0.25) is 0 Å². The van der Waals surface area contributed by atoms with Gasteiger partial charge in [0.1, 0.15) is 0 Å². The molecular formula is C6H12N2. The molecule has 0 saturated carbocycles. The van der Waals surface area contributed by atoms with Crippen molar-refractivity contribution in [3.05, 3.63) is 11.8 Å². The molecule has 0 radical (unpaired) electrons. The quantitative estimate of drug-likeness (QED) is 0.475. The van der Waals surface area contributed by atoms with Crippen LogP contribution in [0.5, 0.6) is 0 Å². The Bertz CT molecular complexity index is 107. The molecule has 0 fully saturated rings. The molecule has 1 aliphatic heterocycles. The third kappa shape index (κ3) is 1.23. The summed E-state index contributed by atoms with van der Waals surface area (Å²) in [5, 5.41) is 6.41. The Labute approximate surface area is 50.0 Å². The van der Waals surface area contributed by atoms with Gasteiger partial charge in [-0.05, 0) is 25.6 Å². The Balaban J connectivity index is 2.42. The zero-order chi connectivity index (χ0) is 5.98. The lowest BCUT2D eigenvalue weighted by Crippen LogP contribution is -2.41. The lowest BCUT2D eigenvalue weighted by atomic mass is 10.3. The van der Waals surface area contributed by atoms with Gasteiger partial charge in [-0.3, -0.25) is 5.32 Å². The van der Waals surface area contributed by atoms with Crippen LogP contribution in [0.4, 0.5) is 0 Å². The highest BCUT2D eigenvalue weighted by Crippen LogP contribution is 1.93. The minimum absolute atomic E-state index is 0.443. The smallest absolute Gasteiger partial charge is 0.0736 e.